The summed E-state index contributed by atoms with van der Waals surface area (Å²) in [5, 5.41) is 2.14. The molecule has 0 saturated carbocycles. The highest BCUT2D eigenvalue weighted by atomic mass is 32.2. The third-order valence-electron chi connectivity index (χ3n) is 16.5. The topological polar surface area (TPSA) is 0 Å². The lowest BCUT2D eigenvalue weighted by Crippen LogP contribution is -2.07. The first-order valence-electron chi connectivity index (χ1n) is 37.2. The summed E-state index contributed by atoms with van der Waals surface area (Å²) in [5.41, 5.74) is 1.11. The molecule has 108 heavy (non-hydrogen) atoms. The summed E-state index contributed by atoms with van der Waals surface area (Å²) < 4.78 is 26.2. The molecule has 0 aromatic carbocycles. The van der Waals surface area contributed by atoms with Gasteiger partial charge >= 0.3 is 0 Å². The Hall–Kier alpha value is -3.06. The first-order chi connectivity index (χ1) is 50.9. The van der Waals surface area contributed by atoms with Crippen LogP contribution in [0.25, 0.3) is 84.6 Å². The molecule has 0 bridgehead atoms. The third kappa shape index (κ3) is 25.7. The molecule has 0 aliphatic heterocycles. The number of rotatable bonds is 8. The molecular formula is C90H108S18. The molecule has 18 rings (SSSR count). The van der Waals surface area contributed by atoms with Gasteiger partial charge in [-0.25, -0.2) is 0 Å². The van der Waals surface area contributed by atoms with Crippen LogP contribution in [0.4, 0.5) is 0 Å². The maximum absolute atomic E-state index is 2.36. The van der Waals surface area contributed by atoms with Gasteiger partial charge in [0.1, 0.15) is 0 Å². The Morgan fingerprint density at radius 1 is 0.278 bits per heavy atom. The Kier molecular flexibility index (Phi) is 31.2. The Morgan fingerprint density at radius 2 is 0.556 bits per heavy atom. The van der Waals surface area contributed by atoms with Gasteiger partial charge in [-0.1, -0.05) is 110 Å². The van der Waals surface area contributed by atoms with Crippen LogP contribution in [0.2, 0.25) is 0 Å². The first-order valence-corrected chi connectivity index (χ1v) is 52.0. The second-order valence-electron chi connectivity index (χ2n) is 32.0. The van der Waals surface area contributed by atoms with Crippen molar-refractivity contribution in [3.8, 4) is 0 Å². The predicted octanol–water partition coefficient (Wildman–Crippen LogP) is 38.1. The van der Waals surface area contributed by atoms with Crippen molar-refractivity contribution in [3.05, 3.63) is 197 Å². The summed E-state index contributed by atoms with van der Waals surface area (Å²) in [4.78, 5) is 24.9. The van der Waals surface area contributed by atoms with E-state index in [1.807, 2.05) is 204 Å². The summed E-state index contributed by atoms with van der Waals surface area (Å²) in [7, 11) is 0. The quantitative estimate of drug-likeness (QED) is 0.142. The molecule has 0 spiro atoms. The van der Waals surface area contributed by atoms with Crippen molar-refractivity contribution in [2.24, 2.45) is 16.7 Å². The summed E-state index contributed by atoms with van der Waals surface area (Å²) in [6.07, 6.45) is 7.28. The highest BCUT2D eigenvalue weighted by Gasteiger charge is 2.19. The van der Waals surface area contributed by atoms with Crippen LogP contribution >= 0.6 is 204 Å². The van der Waals surface area contributed by atoms with E-state index in [0.717, 1.165) is 5.92 Å². The minimum absolute atomic E-state index is 0.303. The molecule has 18 heterocycles. The molecule has 0 radical (unpaired) electrons. The van der Waals surface area contributed by atoms with Crippen LogP contribution in [-0.2, 0) is 37.5 Å². The van der Waals surface area contributed by atoms with Crippen LogP contribution in [0.5, 0.6) is 0 Å². The van der Waals surface area contributed by atoms with Gasteiger partial charge in [-0.3, -0.25) is 0 Å². The van der Waals surface area contributed by atoms with Gasteiger partial charge in [0, 0.05) is 168 Å². The lowest BCUT2D eigenvalue weighted by molar-refractivity contribution is 0.414. The Bertz CT molecular complexity index is 5370. The zero-order valence-electron chi connectivity index (χ0n) is 67.7. The van der Waals surface area contributed by atoms with Gasteiger partial charge in [0.25, 0.3) is 0 Å². The Morgan fingerprint density at radius 3 is 0.870 bits per heavy atom. The molecule has 0 aliphatic carbocycles. The number of thiophene rings is 18. The van der Waals surface area contributed by atoms with Crippen LogP contribution in [0.1, 0.15) is 199 Å². The zero-order valence-corrected chi connectivity index (χ0v) is 82.4. The smallest absolute Gasteiger partial charge is 0.0456 e. The normalized spacial score (nSPS) is 11.8. The van der Waals surface area contributed by atoms with Crippen molar-refractivity contribution in [1.82, 2.24) is 0 Å². The molecular weight excluding hydrogens is 1660 g/mol. The van der Waals surface area contributed by atoms with Gasteiger partial charge < -0.3 is 0 Å². The summed E-state index contributed by atoms with van der Waals surface area (Å²) in [6, 6.07) is 41.4. The fourth-order valence-corrected chi connectivity index (χ4v) is 33.4. The molecule has 18 aromatic rings. The van der Waals surface area contributed by atoms with Crippen LogP contribution in [0.3, 0.4) is 0 Å². The molecule has 0 atom stereocenters. The number of hydrogen-bond acceptors (Lipinski definition) is 18. The molecule has 0 fully saturated rings. The first kappa shape index (κ1) is 87.3. The number of fused-ring (bicyclic) bond motifs is 9. The standard InChI is InChI=1S/2C12H16S2.2C11H14S2.2C10H12S2.C9H10S2.C8H8S2.C7H6S2/c2*1-8-5-10-11(13-8)6-9(14-10)7-12(2,3)4;1-7-5-8-9(12-7)6-10(13-8)11(2,3)4;1-7(2)4-9-6-11-10(13-9)5-8(3)12-11;1-6(2)8-5-10-9(12-8)4-7(3)11-10;1-3-4-8-6-10-9(12-8)5-7(2)11-10;1-3-7-5-9-8(11-7)4-6(2)10-9;1-5-3-7-8(9-5)4-6(2)10-7;1-5-4-7-6(9-5)2-3-8-7/h2*5-6H,7H2,1-4H3;5-6H,1-4H3;5-7H,4H2,1-3H3;4-6H,1-3H3;5-6H,3-4H2,1-2H3;4-5H,3H2,1-2H3;3-4H,1-2H3;2-4H,1H3. The zero-order chi connectivity index (χ0) is 78.3. The van der Waals surface area contributed by atoms with Crippen molar-refractivity contribution in [1.29, 1.82) is 0 Å². The van der Waals surface area contributed by atoms with Crippen molar-refractivity contribution in [3.63, 3.8) is 0 Å². The SMILES string of the molecule is CCCc1cc2sc(C)cc2s1.CCc1cc2sc(C)cc2s1.Cc1cc2sc(C(C)(C)C)cc2s1.Cc1cc2sc(C(C)C)cc2s1.Cc1cc2sc(C)cc2s1.Cc1cc2sc(CC(C)(C)C)cc2s1.Cc1cc2sc(CC(C)(C)C)cc2s1.Cc1cc2sc(CC(C)C)cc2s1.Cc1cc2sccc2s1. The summed E-state index contributed by atoms with van der Waals surface area (Å²) >= 11 is 34.4. The van der Waals surface area contributed by atoms with Gasteiger partial charge in [0.15, 0.2) is 0 Å². The minimum atomic E-state index is 0.303. The van der Waals surface area contributed by atoms with E-state index in [1.165, 1.54) is 201 Å². The minimum Gasteiger partial charge on any atom is -0.143 e. The van der Waals surface area contributed by atoms with Gasteiger partial charge in [0.05, 0.1) is 0 Å². The van der Waals surface area contributed by atoms with Crippen molar-refractivity contribution < 1.29 is 0 Å². The number of aryl methyl sites for hydroxylation is 12. The maximum Gasteiger partial charge on any atom is 0.0456 e. The molecule has 0 nitrogen and oxygen atoms in total. The van der Waals surface area contributed by atoms with E-state index in [9.17, 15) is 0 Å². The fraction of sp³-hybridized carbons (Fsp3) is 0.400. The second kappa shape index (κ2) is 38.6. The van der Waals surface area contributed by atoms with Gasteiger partial charge in [0.2, 0.25) is 0 Å². The molecule has 0 N–H and O–H groups in total. The van der Waals surface area contributed by atoms with Gasteiger partial charge in [-0.15, -0.1) is 204 Å². The largest absolute Gasteiger partial charge is 0.143 e. The average molecular weight is 1770 g/mol. The van der Waals surface area contributed by atoms with Crippen molar-refractivity contribution in [2.45, 2.75) is 223 Å². The summed E-state index contributed by atoms with van der Waals surface area (Å²) in [6.45, 7) is 55.8. The van der Waals surface area contributed by atoms with Crippen LogP contribution in [-0.4, -0.2) is 0 Å². The second-order valence-corrected chi connectivity index (χ2v) is 53.8. The Labute approximate surface area is 717 Å². The molecule has 0 aliphatic rings. The van der Waals surface area contributed by atoms with Gasteiger partial charge in [-0.05, 0) is 244 Å². The van der Waals surface area contributed by atoms with Crippen LogP contribution < -0.4 is 0 Å². The van der Waals surface area contributed by atoms with Crippen molar-refractivity contribution >= 4 is 289 Å². The monoisotopic (exact) mass is 1760 g/mol. The third-order valence-corrected chi connectivity index (χ3v) is 37.0. The predicted molar refractivity (Wildman–Crippen MR) is 526 cm³/mol. The molecule has 576 valence electrons. The Balaban J connectivity index is 0.000000130. The van der Waals surface area contributed by atoms with E-state index in [-0.39, 0.29) is 0 Å². The fourth-order valence-electron chi connectivity index (χ4n) is 11.8. The number of hydrogen-bond donors (Lipinski definition) is 0. The van der Waals surface area contributed by atoms with E-state index in [2.05, 4.69) is 288 Å². The van der Waals surface area contributed by atoms with E-state index in [1.54, 1.807) is 4.88 Å². The molecule has 0 saturated heterocycles. The molecule has 18 heteroatoms. The van der Waals surface area contributed by atoms with Crippen LogP contribution in [0, 0.1) is 86.0 Å². The lowest BCUT2D eigenvalue weighted by Gasteiger charge is -2.16. The van der Waals surface area contributed by atoms with Gasteiger partial charge in [-0.2, -0.15) is 0 Å². The van der Waals surface area contributed by atoms with E-state index >= 15 is 0 Å². The van der Waals surface area contributed by atoms with Crippen LogP contribution in [0.15, 0.2) is 115 Å². The van der Waals surface area contributed by atoms with Crippen molar-refractivity contribution in [2.75, 3.05) is 0 Å². The molecule has 0 amide bonds. The maximum atomic E-state index is 2.36. The highest BCUT2D eigenvalue weighted by molar-refractivity contribution is 7.32. The molecule has 18 aromatic heterocycles. The average Bonchev–Trinajstić information content (AvgIpc) is 1.63. The van der Waals surface area contributed by atoms with E-state index < -0.39 is 0 Å². The van der Waals surface area contributed by atoms with E-state index in [4.69, 9.17) is 0 Å². The van der Waals surface area contributed by atoms with E-state index in [0.29, 0.717) is 22.2 Å². The lowest BCUT2D eigenvalue weighted by atomic mass is 9.92. The summed E-state index contributed by atoms with van der Waals surface area (Å²) in [5.74, 6) is 1.45. The highest BCUT2D eigenvalue weighted by Crippen LogP contribution is 2.43. The molecule has 0 unspecified atom stereocenters.